The first-order valence-electron chi connectivity index (χ1n) is 5.47. The van der Waals surface area contributed by atoms with Gasteiger partial charge in [-0.2, -0.15) is 0 Å². The molecule has 0 amide bonds. The van der Waals surface area contributed by atoms with Crippen LogP contribution in [0.4, 0.5) is 0 Å². The third-order valence-electron chi connectivity index (χ3n) is 2.57. The number of hydrogen-bond donors (Lipinski definition) is 0. The van der Waals surface area contributed by atoms with Crippen LogP contribution in [0.25, 0.3) is 0 Å². The van der Waals surface area contributed by atoms with Gasteiger partial charge in [-0.15, -0.1) is 0 Å². The number of methoxy groups -OCH3 is 1. The molecule has 0 spiro atoms. The third-order valence-corrected chi connectivity index (χ3v) is 3.68. The number of aldehydes is 1. The lowest BCUT2D eigenvalue weighted by molar-refractivity contribution is 0.112. The van der Waals surface area contributed by atoms with Gasteiger partial charge in [-0.25, -0.2) is 4.98 Å². The molecule has 2 aromatic rings. The average Bonchev–Trinajstić information content (AvgIpc) is 2.81. The molecule has 0 aliphatic heterocycles. The van der Waals surface area contributed by atoms with Crippen molar-refractivity contribution in [1.82, 2.24) is 9.55 Å². The first kappa shape index (κ1) is 12.7. The Bertz CT molecular complexity index is 552. The SMILES string of the molecule is COc1ccc(C=O)cc1CSc1nccn1C. The van der Waals surface area contributed by atoms with E-state index in [1.165, 1.54) is 0 Å². The maximum absolute atomic E-state index is 10.8. The van der Waals surface area contributed by atoms with Crippen molar-refractivity contribution in [3.63, 3.8) is 0 Å². The summed E-state index contributed by atoms with van der Waals surface area (Å²) in [6.07, 6.45) is 4.51. The Hall–Kier alpha value is -1.75. The Morgan fingerprint density at radius 1 is 1.50 bits per heavy atom. The van der Waals surface area contributed by atoms with Crippen molar-refractivity contribution < 1.29 is 9.53 Å². The molecule has 4 nitrogen and oxygen atoms in total. The van der Waals surface area contributed by atoms with Gasteiger partial charge in [0.15, 0.2) is 5.16 Å². The fourth-order valence-corrected chi connectivity index (χ4v) is 2.53. The van der Waals surface area contributed by atoms with E-state index in [1.807, 2.05) is 29.9 Å². The van der Waals surface area contributed by atoms with Gasteiger partial charge in [0.1, 0.15) is 12.0 Å². The molecule has 0 bridgehead atoms. The number of carbonyl (C=O) groups excluding carboxylic acids is 1. The smallest absolute Gasteiger partial charge is 0.167 e. The lowest BCUT2D eigenvalue weighted by Gasteiger charge is -2.08. The van der Waals surface area contributed by atoms with Crippen molar-refractivity contribution in [1.29, 1.82) is 0 Å². The number of imidazole rings is 1. The number of ether oxygens (including phenoxy) is 1. The largest absolute Gasteiger partial charge is 0.496 e. The molecule has 0 aliphatic carbocycles. The fourth-order valence-electron chi connectivity index (χ4n) is 1.62. The summed E-state index contributed by atoms with van der Waals surface area (Å²) >= 11 is 1.61. The highest BCUT2D eigenvalue weighted by Crippen LogP contribution is 2.27. The highest BCUT2D eigenvalue weighted by molar-refractivity contribution is 7.98. The molecule has 94 valence electrons. The summed E-state index contributed by atoms with van der Waals surface area (Å²) < 4.78 is 7.25. The molecule has 5 heteroatoms. The van der Waals surface area contributed by atoms with Crippen LogP contribution in [0, 0.1) is 0 Å². The van der Waals surface area contributed by atoms with Crippen LogP contribution in [-0.4, -0.2) is 22.9 Å². The summed E-state index contributed by atoms with van der Waals surface area (Å²) in [5, 5.41) is 0.938. The predicted octanol–water partition coefficient (Wildman–Crippen LogP) is 2.53. The molecule has 0 N–H and O–H groups in total. The zero-order chi connectivity index (χ0) is 13.0. The van der Waals surface area contributed by atoms with Crippen LogP contribution in [0.1, 0.15) is 15.9 Å². The molecule has 1 aromatic carbocycles. The van der Waals surface area contributed by atoms with Crippen molar-refractivity contribution in [2.24, 2.45) is 7.05 Å². The van der Waals surface area contributed by atoms with Gasteiger partial charge in [-0.3, -0.25) is 4.79 Å². The van der Waals surface area contributed by atoms with E-state index in [2.05, 4.69) is 4.98 Å². The fraction of sp³-hybridized carbons (Fsp3) is 0.231. The number of nitrogens with zero attached hydrogens (tertiary/aromatic N) is 2. The maximum Gasteiger partial charge on any atom is 0.167 e. The second-order valence-electron chi connectivity index (χ2n) is 3.80. The topological polar surface area (TPSA) is 44.1 Å². The average molecular weight is 262 g/mol. The highest BCUT2D eigenvalue weighted by Gasteiger charge is 2.07. The van der Waals surface area contributed by atoms with Crippen molar-refractivity contribution in [3.05, 3.63) is 41.7 Å². The van der Waals surface area contributed by atoms with Gasteiger partial charge in [0.25, 0.3) is 0 Å². The van der Waals surface area contributed by atoms with E-state index in [1.54, 1.807) is 31.1 Å². The minimum absolute atomic E-state index is 0.659. The Balaban J connectivity index is 2.17. The number of aryl methyl sites for hydroxylation is 1. The Morgan fingerprint density at radius 2 is 2.33 bits per heavy atom. The predicted molar refractivity (Wildman–Crippen MR) is 71.2 cm³/mol. The normalized spacial score (nSPS) is 10.3. The first-order chi connectivity index (χ1) is 8.74. The quantitative estimate of drug-likeness (QED) is 0.613. The third kappa shape index (κ3) is 2.73. The standard InChI is InChI=1S/C13H14N2O2S/c1-15-6-5-14-13(15)18-9-11-7-10(8-16)3-4-12(11)17-2/h3-8H,9H2,1-2H3. The Morgan fingerprint density at radius 3 is 2.94 bits per heavy atom. The monoisotopic (exact) mass is 262 g/mol. The second-order valence-corrected chi connectivity index (χ2v) is 4.74. The molecular formula is C13H14N2O2S. The first-order valence-corrected chi connectivity index (χ1v) is 6.45. The summed E-state index contributed by atoms with van der Waals surface area (Å²) in [5.74, 6) is 1.51. The molecule has 0 saturated carbocycles. The van der Waals surface area contributed by atoms with Crippen LogP contribution in [0.3, 0.4) is 0 Å². The van der Waals surface area contributed by atoms with Crippen molar-refractivity contribution in [2.75, 3.05) is 7.11 Å². The lowest BCUT2D eigenvalue weighted by atomic mass is 10.1. The Labute approximate surface area is 110 Å². The molecule has 0 aliphatic rings. The summed E-state index contributed by atoms with van der Waals surface area (Å²) in [5.41, 5.74) is 1.65. The van der Waals surface area contributed by atoms with E-state index in [9.17, 15) is 4.79 Å². The van der Waals surface area contributed by atoms with Gasteiger partial charge >= 0.3 is 0 Å². The van der Waals surface area contributed by atoms with E-state index in [0.29, 0.717) is 5.56 Å². The van der Waals surface area contributed by atoms with Crippen molar-refractivity contribution in [3.8, 4) is 5.75 Å². The molecule has 0 fully saturated rings. The molecule has 1 heterocycles. The van der Waals surface area contributed by atoms with Crippen LogP contribution >= 0.6 is 11.8 Å². The maximum atomic E-state index is 10.8. The molecule has 18 heavy (non-hydrogen) atoms. The van der Waals surface area contributed by atoms with Gasteiger partial charge in [0, 0.05) is 36.3 Å². The van der Waals surface area contributed by atoms with E-state index in [-0.39, 0.29) is 0 Å². The van der Waals surface area contributed by atoms with E-state index >= 15 is 0 Å². The van der Waals surface area contributed by atoms with Crippen LogP contribution in [0.2, 0.25) is 0 Å². The summed E-state index contributed by atoms with van der Waals surface area (Å²) in [4.78, 5) is 15.0. The summed E-state index contributed by atoms with van der Waals surface area (Å²) in [7, 11) is 3.58. The number of benzene rings is 1. The molecule has 0 radical (unpaired) electrons. The van der Waals surface area contributed by atoms with Gasteiger partial charge in [0.05, 0.1) is 7.11 Å². The molecule has 1 aromatic heterocycles. The van der Waals surface area contributed by atoms with Crippen LogP contribution in [0.15, 0.2) is 35.7 Å². The van der Waals surface area contributed by atoms with E-state index in [0.717, 1.165) is 28.5 Å². The summed E-state index contributed by atoms with van der Waals surface area (Å²) in [6, 6.07) is 5.42. The van der Waals surface area contributed by atoms with Crippen LogP contribution < -0.4 is 4.74 Å². The number of carbonyl (C=O) groups is 1. The molecular weight excluding hydrogens is 248 g/mol. The van der Waals surface area contributed by atoms with Gasteiger partial charge < -0.3 is 9.30 Å². The Kier molecular flexibility index (Phi) is 4.04. The van der Waals surface area contributed by atoms with Gasteiger partial charge in [0.2, 0.25) is 0 Å². The molecule has 0 atom stereocenters. The van der Waals surface area contributed by atoms with Crippen LogP contribution in [-0.2, 0) is 12.8 Å². The van der Waals surface area contributed by atoms with E-state index in [4.69, 9.17) is 4.74 Å². The lowest BCUT2D eigenvalue weighted by Crippen LogP contribution is -1.94. The molecule has 0 saturated heterocycles. The minimum Gasteiger partial charge on any atom is -0.496 e. The second kappa shape index (κ2) is 5.73. The van der Waals surface area contributed by atoms with Gasteiger partial charge in [-0.1, -0.05) is 11.8 Å². The highest BCUT2D eigenvalue weighted by atomic mass is 32.2. The van der Waals surface area contributed by atoms with Crippen LogP contribution in [0.5, 0.6) is 5.75 Å². The zero-order valence-corrected chi connectivity index (χ0v) is 11.1. The minimum atomic E-state index is 0.659. The number of aromatic nitrogens is 2. The zero-order valence-electron chi connectivity index (χ0n) is 10.3. The molecule has 2 rings (SSSR count). The van der Waals surface area contributed by atoms with Crippen molar-refractivity contribution >= 4 is 18.0 Å². The molecule has 0 unspecified atom stereocenters. The number of hydrogen-bond acceptors (Lipinski definition) is 4. The van der Waals surface area contributed by atoms with Gasteiger partial charge in [-0.05, 0) is 18.2 Å². The number of thioether (sulfide) groups is 1. The van der Waals surface area contributed by atoms with E-state index < -0.39 is 0 Å². The van der Waals surface area contributed by atoms with Crippen molar-refractivity contribution in [2.45, 2.75) is 10.9 Å². The number of rotatable bonds is 5. The summed E-state index contributed by atoms with van der Waals surface area (Å²) in [6.45, 7) is 0.